The fourth-order valence-corrected chi connectivity index (χ4v) is 5.74. The zero-order valence-corrected chi connectivity index (χ0v) is 20.7. The van der Waals surface area contributed by atoms with E-state index in [-0.39, 0.29) is 11.7 Å². The van der Waals surface area contributed by atoms with Crippen molar-refractivity contribution in [3.05, 3.63) is 90.0 Å². The van der Waals surface area contributed by atoms with Gasteiger partial charge in [0.05, 0.1) is 12.0 Å². The Bertz CT molecular complexity index is 1250. The van der Waals surface area contributed by atoms with Gasteiger partial charge in [0.1, 0.15) is 0 Å². The average Bonchev–Trinajstić information content (AvgIpc) is 2.73. The Kier molecular flexibility index (Phi) is 7.94. The molecule has 3 aromatic carbocycles. The van der Waals surface area contributed by atoms with Crippen LogP contribution in [0.4, 0.5) is 5.69 Å². The molecule has 8 heteroatoms. The number of hydrogen-bond acceptors (Lipinski definition) is 4. The van der Waals surface area contributed by atoms with Crippen molar-refractivity contribution in [2.75, 3.05) is 17.5 Å². The number of sulfonamides is 2. The second-order valence-corrected chi connectivity index (χ2v) is 12.3. The van der Waals surface area contributed by atoms with Crippen LogP contribution in [0.2, 0.25) is 0 Å². The number of nitrogens with one attached hydrogen (secondary N) is 1. The molecule has 0 atom stereocenters. The minimum absolute atomic E-state index is 0.0213. The van der Waals surface area contributed by atoms with Gasteiger partial charge in [-0.25, -0.2) is 16.8 Å². The van der Waals surface area contributed by atoms with E-state index in [2.05, 4.69) is 4.72 Å². The summed E-state index contributed by atoms with van der Waals surface area (Å²) >= 11 is 0. The fraction of sp³-hybridized carbons (Fsp3) is 0.280. The summed E-state index contributed by atoms with van der Waals surface area (Å²) in [6, 6.07) is 24.1. The maximum atomic E-state index is 13.1. The highest BCUT2D eigenvalue weighted by atomic mass is 32.2. The van der Waals surface area contributed by atoms with Crippen LogP contribution in [0.15, 0.2) is 78.9 Å². The van der Waals surface area contributed by atoms with Gasteiger partial charge in [0.15, 0.2) is 0 Å². The van der Waals surface area contributed by atoms with Crippen molar-refractivity contribution in [1.82, 2.24) is 4.31 Å². The Labute approximate surface area is 197 Å². The average molecular weight is 487 g/mol. The van der Waals surface area contributed by atoms with Crippen molar-refractivity contribution in [3.63, 3.8) is 0 Å². The van der Waals surface area contributed by atoms with Gasteiger partial charge in [-0.2, -0.15) is 4.31 Å². The van der Waals surface area contributed by atoms with Gasteiger partial charge in [0, 0.05) is 18.8 Å². The SMILES string of the molecule is CC(C)CN(Cc1ccc(-c2ccc(NS(C)(=O)=O)cc2)cc1)S(=O)(=O)Cc1ccccc1. The predicted octanol–water partition coefficient (Wildman–Crippen LogP) is 4.71. The van der Waals surface area contributed by atoms with Gasteiger partial charge in [0.2, 0.25) is 20.0 Å². The van der Waals surface area contributed by atoms with Crippen LogP contribution in [-0.4, -0.2) is 33.9 Å². The molecule has 176 valence electrons. The smallest absolute Gasteiger partial charge is 0.229 e. The Hall–Kier alpha value is -2.68. The molecule has 0 unspecified atom stereocenters. The number of nitrogens with zero attached hydrogens (tertiary/aromatic N) is 1. The van der Waals surface area contributed by atoms with E-state index in [4.69, 9.17) is 0 Å². The van der Waals surface area contributed by atoms with Crippen LogP contribution >= 0.6 is 0 Å². The first-order valence-electron chi connectivity index (χ1n) is 10.7. The van der Waals surface area contributed by atoms with Gasteiger partial charge >= 0.3 is 0 Å². The number of anilines is 1. The lowest BCUT2D eigenvalue weighted by Gasteiger charge is -2.24. The van der Waals surface area contributed by atoms with Gasteiger partial charge in [-0.15, -0.1) is 0 Å². The lowest BCUT2D eigenvalue weighted by Crippen LogP contribution is -2.34. The topological polar surface area (TPSA) is 83.6 Å². The van der Waals surface area contributed by atoms with Crippen molar-refractivity contribution >= 4 is 25.7 Å². The van der Waals surface area contributed by atoms with E-state index in [1.807, 2.05) is 80.6 Å². The second kappa shape index (κ2) is 10.5. The molecule has 0 aliphatic carbocycles. The van der Waals surface area contributed by atoms with Crippen molar-refractivity contribution in [3.8, 4) is 11.1 Å². The molecule has 6 nitrogen and oxygen atoms in total. The summed E-state index contributed by atoms with van der Waals surface area (Å²) in [6.07, 6.45) is 1.11. The zero-order valence-electron chi connectivity index (χ0n) is 19.1. The van der Waals surface area contributed by atoms with Crippen molar-refractivity contribution in [2.45, 2.75) is 26.1 Å². The normalized spacial score (nSPS) is 12.3. The van der Waals surface area contributed by atoms with Crippen LogP contribution < -0.4 is 4.72 Å². The molecule has 1 N–H and O–H groups in total. The van der Waals surface area contributed by atoms with E-state index in [1.165, 1.54) is 0 Å². The van der Waals surface area contributed by atoms with E-state index in [0.29, 0.717) is 18.8 Å². The van der Waals surface area contributed by atoms with Crippen LogP contribution in [0.25, 0.3) is 11.1 Å². The minimum Gasteiger partial charge on any atom is -0.284 e. The Balaban J connectivity index is 1.75. The first-order chi connectivity index (χ1) is 15.5. The van der Waals surface area contributed by atoms with Crippen LogP contribution in [0.5, 0.6) is 0 Å². The summed E-state index contributed by atoms with van der Waals surface area (Å²) in [4.78, 5) is 0. The van der Waals surface area contributed by atoms with Gasteiger partial charge in [-0.05, 0) is 40.3 Å². The van der Waals surface area contributed by atoms with Gasteiger partial charge in [0.25, 0.3) is 0 Å². The number of rotatable bonds is 10. The highest BCUT2D eigenvalue weighted by Gasteiger charge is 2.23. The van der Waals surface area contributed by atoms with E-state index < -0.39 is 20.0 Å². The third-order valence-corrected chi connectivity index (χ3v) is 7.36. The Morgan fingerprint density at radius 1 is 0.758 bits per heavy atom. The summed E-state index contributed by atoms with van der Waals surface area (Å²) in [7, 11) is -6.79. The molecule has 33 heavy (non-hydrogen) atoms. The van der Waals surface area contributed by atoms with Crippen molar-refractivity contribution in [2.24, 2.45) is 5.92 Å². The predicted molar refractivity (Wildman–Crippen MR) is 135 cm³/mol. The Morgan fingerprint density at radius 2 is 1.30 bits per heavy atom. The third kappa shape index (κ3) is 7.70. The van der Waals surface area contributed by atoms with Crippen LogP contribution in [0.1, 0.15) is 25.0 Å². The molecule has 0 bridgehead atoms. The number of hydrogen-bond donors (Lipinski definition) is 1. The molecule has 0 heterocycles. The van der Waals surface area contributed by atoms with E-state index in [9.17, 15) is 16.8 Å². The summed E-state index contributed by atoms with van der Waals surface area (Å²) in [5.41, 5.74) is 4.09. The summed E-state index contributed by atoms with van der Waals surface area (Å²) in [6.45, 7) is 4.78. The van der Waals surface area contributed by atoms with E-state index in [1.54, 1.807) is 16.4 Å². The molecule has 0 fully saturated rings. The van der Waals surface area contributed by atoms with Gasteiger partial charge in [-0.1, -0.05) is 80.6 Å². The molecular weight excluding hydrogens is 456 g/mol. The van der Waals surface area contributed by atoms with Crippen LogP contribution in [0.3, 0.4) is 0 Å². The van der Waals surface area contributed by atoms with Crippen LogP contribution in [-0.2, 0) is 32.3 Å². The molecular formula is C25H30N2O4S2. The highest BCUT2D eigenvalue weighted by molar-refractivity contribution is 7.92. The first kappa shape index (κ1) is 25.0. The third-order valence-electron chi connectivity index (χ3n) is 4.99. The van der Waals surface area contributed by atoms with Gasteiger partial charge in [-0.3, -0.25) is 4.72 Å². The van der Waals surface area contributed by atoms with Crippen molar-refractivity contribution < 1.29 is 16.8 Å². The number of benzene rings is 3. The molecule has 0 aliphatic heterocycles. The molecule has 0 saturated heterocycles. The monoisotopic (exact) mass is 486 g/mol. The summed E-state index contributed by atoms with van der Waals surface area (Å²) in [5.74, 6) is 0.181. The first-order valence-corrected chi connectivity index (χ1v) is 14.2. The Morgan fingerprint density at radius 3 is 1.82 bits per heavy atom. The minimum atomic E-state index is -3.47. The molecule has 0 amide bonds. The second-order valence-electron chi connectivity index (χ2n) is 8.58. The summed E-state index contributed by atoms with van der Waals surface area (Å²) in [5, 5.41) is 0. The summed E-state index contributed by atoms with van der Waals surface area (Å²) < 4.78 is 53.0. The molecule has 0 spiro atoms. The van der Waals surface area contributed by atoms with Crippen LogP contribution in [0, 0.1) is 5.92 Å². The van der Waals surface area contributed by atoms with E-state index >= 15 is 0 Å². The molecule has 3 rings (SSSR count). The van der Waals surface area contributed by atoms with E-state index in [0.717, 1.165) is 28.5 Å². The molecule has 0 aromatic heterocycles. The maximum Gasteiger partial charge on any atom is 0.229 e. The maximum absolute atomic E-state index is 13.1. The quantitative estimate of drug-likeness (QED) is 0.450. The van der Waals surface area contributed by atoms with Gasteiger partial charge < -0.3 is 0 Å². The van der Waals surface area contributed by atoms with Crippen molar-refractivity contribution in [1.29, 1.82) is 0 Å². The largest absolute Gasteiger partial charge is 0.284 e. The fourth-order valence-electron chi connectivity index (χ4n) is 3.51. The molecule has 0 radical (unpaired) electrons. The lowest BCUT2D eigenvalue weighted by atomic mass is 10.0. The standard InChI is InChI=1S/C25H30N2O4S2/c1-20(2)17-27(33(30,31)19-22-7-5-4-6-8-22)18-21-9-11-23(12-10-21)24-13-15-25(16-14-24)26-32(3,28)29/h4-16,20,26H,17-19H2,1-3H3. The molecule has 0 saturated carbocycles. The molecule has 3 aromatic rings. The highest BCUT2D eigenvalue weighted by Crippen LogP contribution is 2.24. The lowest BCUT2D eigenvalue weighted by molar-refractivity contribution is 0.361. The zero-order chi connectivity index (χ0) is 24.1. The molecule has 0 aliphatic rings.